The maximum Gasteiger partial charge on any atom is 0.307 e. The highest BCUT2D eigenvalue weighted by atomic mass is 79.9. The minimum absolute atomic E-state index is 0.226. The molecule has 1 aromatic rings. The zero-order chi connectivity index (χ0) is 9.84. The van der Waals surface area contributed by atoms with Crippen LogP contribution in [-0.2, 0) is 9.53 Å². The molecule has 0 aliphatic heterocycles. The molecular weight excluding hydrogens is 254 g/mol. The molecule has 1 atom stereocenters. The van der Waals surface area contributed by atoms with Crippen molar-refractivity contribution in [2.75, 3.05) is 7.11 Å². The molecular formula is C8H10BrNO2S. The van der Waals surface area contributed by atoms with Crippen molar-refractivity contribution in [2.45, 2.75) is 12.5 Å². The van der Waals surface area contributed by atoms with Gasteiger partial charge in [0, 0.05) is 10.9 Å². The van der Waals surface area contributed by atoms with Crippen LogP contribution in [0.4, 0.5) is 0 Å². The summed E-state index contributed by atoms with van der Waals surface area (Å²) in [6.45, 7) is 0. The van der Waals surface area contributed by atoms with Gasteiger partial charge in [-0.05, 0) is 28.1 Å². The van der Waals surface area contributed by atoms with Gasteiger partial charge in [-0.3, -0.25) is 4.79 Å². The lowest BCUT2D eigenvalue weighted by Gasteiger charge is -2.06. The van der Waals surface area contributed by atoms with E-state index in [9.17, 15) is 4.79 Å². The number of esters is 1. The Labute approximate surface area is 89.0 Å². The van der Waals surface area contributed by atoms with Crippen LogP contribution < -0.4 is 5.73 Å². The van der Waals surface area contributed by atoms with E-state index in [1.807, 2.05) is 12.1 Å². The van der Waals surface area contributed by atoms with Gasteiger partial charge in [-0.15, -0.1) is 11.3 Å². The topological polar surface area (TPSA) is 52.3 Å². The first-order valence-corrected chi connectivity index (χ1v) is 5.32. The molecule has 0 spiro atoms. The first-order chi connectivity index (χ1) is 6.13. The molecule has 0 aromatic carbocycles. The highest BCUT2D eigenvalue weighted by Crippen LogP contribution is 2.27. The van der Waals surface area contributed by atoms with Crippen molar-refractivity contribution in [1.82, 2.24) is 0 Å². The number of hydrogen-bond donors (Lipinski definition) is 1. The van der Waals surface area contributed by atoms with E-state index in [4.69, 9.17) is 5.73 Å². The number of hydrogen-bond acceptors (Lipinski definition) is 4. The Hall–Kier alpha value is -0.390. The largest absolute Gasteiger partial charge is 0.469 e. The van der Waals surface area contributed by atoms with E-state index in [0.29, 0.717) is 0 Å². The zero-order valence-corrected chi connectivity index (χ0v) is 9.52. The fourth-order valence-corrected chi connectivity index (χ4v) is 2.32. The monoisotopic (exact) mass is 263 g/mol. The molecule has 72 valence electrons. The lowest BCUT2D eigenvalue weighted by Crippen LogP contribution is -2.14. The quantitative estimate of drug-likeness (QED) is 0.850. The summed E-state index contributed by atoms with van der Waals surface area (Å²) in [6.07, 6.45) is 0.226. The molecule has 2 N–H and O–H groups in total. The fourth-order valence-electron chi connectivity index (χ4n) is 0.891. The predicted octanol–water partition coefficient (Wildman–Crippen LogP) is 2.07. The summed E-state index contributed by atoms with van der Waals surface area (Å²) < 4.78 is 5.54. The molecule has 0 aliphatic carbocycles. The molecule has 0 saturated heterocycles. The van der Waals surface area contributed by atoms with E-state index < -0.39 is 0 Å². The Kier molecular flexibility index (Phi) is 3.90. The third kappa shape index (κ3) is 3.10. The van der Waals surface area contributed by atoms with E-state index in [1.54, 1.807) is 0 Å². The molecule has 5 heteroatoms. The molecule has 0 saturated carbocycles. The number of methoxy groups -OCH3 is 1. The number of carbonyl (C=O) groups excluding carboxylic acids is 1. The molecule has 0 fully saturated rings. The van der Waals surface area contributed by atoms with Crippen LogP contribution in [0, 0.1) is 0 Å². The first-order valence-electron chi connectivity index (χ1n) is 3.71. The van der Waals surface area contributed by atoms with Crippen LogP contribution in [-0.4, -0.2) is 13.1 Å². The van der Waals surface area contributed by atoms with Gasteiger partial charge in [-0.1, -0.05) is 0 Å². The Morgan fingerprint density at radius 2 is 2.46 bits per heavy atom. The van der Waals surface area contributed by atoms with E-state index >= 15 is 0 Å². The summed E-state index contributed by atoms with van der Waals surface area (Å²) in [5, 5.41) is 0. The van der Waals surface area contributed by atoms with Gasteiger partial charge in [0.25, 0.3) is 0 Å². The summed E-state index contributed by atoms with van der Waals surface area (Å²) in [5.74, 6) is -0.281. The SMILES string of the molecule is COC(=O)CC(N)c1ccc(Br)s1. The fraction of sp³-hybridized carbons (Fsp3) is 0.375. The van der Waals surface area contributed by atoms with Crippen LogP contribution in [0.1, 0.15) is 17.3 Å². The highest BCUT2D eigenvalue weighted by Gasteiger charge is 2.13. The summed E-state index contributed by atoms with van der Waals surface area (Å²) >= 11 is 4.86. The maximum absolute atomic E-state index is 10.9. The van der Waals surface area contributed by atoms with Crippen LogP contribution in [0.15, 0.2) is 15.9 Å². The predicted molar refractivity (Wildman–Crippen MR) is 55.6 cm³/mol. The van der Waals surface area contributed by atoms with Crippen LogP contribution in [0.3, 0.4) is 0 Å². The molecule has 3 nitrogen and oxygen atoms in total. The van der Waals surface area contributed by atoms with Gasteiger partial charge >= 0.3 is 5.97 Å². The third-order valence-corrected chi connectivity index (χ3v) is 3.33. The molecule has 1 aromatic heterocycles. The number of carbonyl (C=O) groups is 1. The molecule has 0 bridgehead atoms. The van der Waals surface area contributed by atoms with Crippen molar-refractivity contribution < 1.29 is 9.53 Å². The third-order valence-electron chi connectivity index (χ3n) is 1.57. The Bertz CT molecular complexity index is 300. The lowest BCUT2D eigenvalue weighted by atomic mass is 10.2. The second-order valence-electron chi connectivity index (χ2n) is 2.53. The molecule has 1 unspecified atom stereocenters. The van der Waals surface area contributed by atoms with Crippen molar-refractivity contribution in [1.29, 1.82) is 0 Å². The second kappa shape index (κ2) is 4.74. The standard InChI is InChI=1S/C8H10BrNO2S/c1-12-8(11)4-5(10)6-2-3-7(9)13-6/h2-3,5H,4,10H2,1H3. The molecule has 13 heavy (non-hydrogen) atoms. The maximum atomic E-state index is 10.9. The summed E-state index contributed by atoms with van der Waals surface area (Å²) in [5.41, 5.74) is 5.77. The van der Waals surface area contributed by atoms with E-state index in [1.165, 1.54) is 18.4 Å². The van der Waals surface area contributed by atoms with Crippen LogP contribution in [0.2, 0.25) is 0 Å². The minimum atomic E-state index is -0.281. The van der Waals surface area contributed by atoms with Gasteiger partial charge in [-0.25, -0.2) is 0 Å². The average molecular weight is 264 g/mol. The van der Waals surface area contributed by atoms with Crippen molar-refractivity contribution in [3.63, 3.8) is 0 Å². The summed E-state index contributed by atoms with van der Waals surface area (Å²) in [6, 6.07) is 3.56. The summed E-state index contributed by atoms with van der Waals surface area (Å²) in [7, 11) is 1.36. The number of ether oxygens (including phenoxy) is 1. The van der Waals surface area contributed by atoms with E-state index in [-0.39, 0.29) is 18.4 Å². The van der Waals surface area contributed by atoms with Crippen LogP contribution >= 0.6 is 27.3 Å². The molecule has 0 aliphatic rings. The van der Waals surface area contributed by atoms with Gasteiger partial charge in [-0.2, -0.15) is 0 Å². The van der Waals surface area contributed by atoms with E-state index in [2.05, 4.69) is 20.7 Å². The number of halogens is 1. The second-order valence-corrected chi connectivity index (χ2v) is 5.02. The van der Waals surface area contributed by atoms with Gasteiger partial charge < -0.3 is 10.5 Å². The normalized spacial score (nSPS) is 12.5. The van der Waals surface area contributed by atoms with Gasteiger partial charge in [0.1, 0.15) is 0 Å². The smallest absolute Gasteiger partial charge is 0.307 e. The molecule has 0 amide bonds. The molecule has 1 heterocycles. The van der Waals surface area contributed by atoms with Gasteiger partial charge in [0.2, 0.25) is 0 Å². The van der Waals surface area contributed by atoms with Crippen molar-refractivity contribution >= 4 is 33.2 Å². The Balaban J connectivity index is 2.58. The zero-order valence-electron chi connectivity index (χ0n) is 7.12. The number of rotatable bonds is 3. The van der Waals surface area contributed by atoms with Crippen molar-refractivity contribution in [2.24, 2.45) is 5.73 Å². The first kappa shape index (κ1) is 10.7. The highest BCUT2D eigenvalue weighted by molar-refractivity contribution is 9.11. The Morgan fingerprint density at radius 1 is 1.77 bits per heavy atom. The van der Waals surface area contributed by atoms with Gasteiger partial charge in [0.05, 0.1) is 17.3 Å². The number of thiophene rings is 1. The molecule has 1 rings (SSSR count). The van der Waals surface area contributed by atoms with Crippen molar-refractivity contribution in [3.8, 4) is 0 Å². The number of nitrogens with two attached hydrogens (primary N) is 1. The summed E-state index contributed by atoms with van der Waals surface area (Å²) in [4.78, 5) is 11.9. The van der Waals surface area contributed by atoms with Gasteiger partial charge in [0.15, 0.2) is 0 Å². The van der Waals surface area contributed by atoms with Crippen LogP contribution in [0.5, 0.6) is 0 Å². The lowest BCUT2D eigenvalue weighted by molar-refractivity contribution is -0.141. The molecule has 0 radical (unpaired) electrons. The van der Waals surface area contributed by atoms with Crippen molar-refractivity contribution in [3.05, 3.63) is 20.8 Å². The van der Waals surface area contributed by atoms with Crippen LogP contribution in [0.25, 0.3) is 0 Å². The Morgan fingerprint density at radius 3 is 2.92 bits per heavy atom. The minimum Gasteiger partial charge on any atom is -0.469 e. The average Bonchev–Trinajstić information content (AvgIpc) is 2.51. The van der Waals surface area contributed by atoms with E-state index in [0.717, 1.165) is 8.66 Å².